The molecule has 0 bridgehead atoms. The van der Waals surface area contributed by atoms with Gasteiger partial charge in [0.15, 0.2) is 5.82 Å². The van der Waals surface area contributed by atoms with Gasteiger partial charge in [0.05, 0.1) is 0 Å². The van der Waals surface area contributed by atoms with Gasteiger partial charge in [-0.25, -0.2) is 0 Å². The van der Waals surface area contributed by atoms with Crippen molar-refractivity contribution in [3.63, 3.8) is 0 Å². The molecule has 1 fully saturated rings. The number of hydrogen-bond donors (Lipinski definition) is 2. The second kappa shape index (κ2) is 9.74. The first-order valence-electron chi connectivity index (χ1n) is 7.98. The van der Waals surface area contributed by atoms with Crippen LogP contribution in [-0.2, 0) is 17.6 Å². The minimum Gasteiger partial charge on any atom is -0.483 e. The largest absolute Gasteiger partial charge is 0.483 e. The van der Waals surface area contributed by atoms with Gasteiger partial charge in [-0.15, -0.1) is 0 Å². The molecule has 23 heavy (non-hydrogen) atoms. The van der Waals surface area contributed by atoms with Gasteiger partial charge in [-0.2, -0.15) is 4.98 Å². The van der Waals surface area contributed by atoms with Gasteiger partial charge >= 0.3 is 0 Å². The van der Waals surface area contributed by atoms with E-state index in [2.05, 4.69) is 27.6 Å². The summed E-state index contributed by atoms with van der Waals surface area (Å²) in [5, 5.41) is 14.5. The Hall–Kier alpha value is -2.21. The summed E-state index contributed by atoms with van der Waals surface area (Å²) in [6.45, 7) is 0.678. The average molecular weight is 317 g/mol. The van der Waals surface area contributed by atoms with Crippen molar-refractivity contribution in [3.05, 3.63) is 47.6 Å². The number of aromatic nitrogens is 2. The zero-order valence-corrected chi connectivity index (χ0v) is 13.1. The zero-order valence-electron chi connectivity index (χ0n) is 13.1. The van der Waals surface area contributed by atoms with Crippen LogP contribution in [0.15, 0.2) is 34.9 Å². The van der Waals surface area contributed by atoms with Gasteiger partial charge in [0.2, 0.25) is 5.89 Å². The molecule has 1 heterocycles. The zero-order chi connectivity index (χ0) is 16.3. The third-order valence-corrected chi connectivity index (χ3v) is 3.84. The molecule has 3 rings (SSSR count). The molecule has 6 nitrogen and oxygen atoms in total. The van der Waals surface area contributed by atoms with E-state index in [1.807, 2.05) is 18.2 Å². The van der Waals surface area contributed by atoms with Crippen LogP contribution in [0.5, 0.6) is 0 Å². The maximum atomic E-state index is 8.36. The van der Waals surface area contributed by atoms with Crippen LogP contribution in [0, 0.1) is 0 Å². The number of hydrogen-bond acceptors (Lipinski definition) is 5. The first-order chi connectivity index (χ1) is 11.3. The van der Waals surface area contributed by atoms with E-state index in [0.29, 0.717) is 6.04 Å². The lowest BCUT2D eigenvalue weighted by Gasteiger charge is -2.09. The number of carboxylic acid groups (broad SMARTS) is 1. The smallest absolute Gasteiger partial charge is 0.290 e. The number of benzene rings is 1. The molecule has 0 amide bonds. The van der Waals surface area contributed by atoms with Gasteiger partial charge in [-0.3, -0.25) is 4.79 Å². The lowest BCUT2D eigenvalue weighted by Crippen LogP contribution is -2.28. The molecule has 0 saturated heterocycles. The fourth-order valence-electron chi connectivity index (χ4n) is 2.76. The second-order valence-corrected chi connectivity index (χ2v) is 5.56. The van der Waals surface area contributed by atoms with Crippen molar-refractivity contribution in [3.8, 4) is 0 Å². The summed E-state index contributed by atoms with van der Waals surface area (Å²) in [5.41, 5.74) is 1.21. The molecule has 0 atom stereocenters. The summed E-state index contributed by atoms with van der Waals surface area (Å²) in [6, 6.07) is 10.9. The minimum absolute atomic E-state index is 0.250. The predicted octanol–water partition coefficient (Wildman–Crippen LogP) is 2.44. The summed E-state index contributed by atoms with van der Waals surface area (Å²) in [7, 11) is 0. The Morgan fingerprint density at radius 2 is 1.96 bits per heavy atom. The molecule has 2 N–H and O–H groups in total. The number of carbonyl (C=O) groups is 1. The first-order valence-corrected chi connectivity index (χ1v) is 7.98. The molecule has 1 aromatic carbocycles. The third kappa shape index (κ3) is 6.20. The number of nitrogens with zero attached hydrogens (tertiary/aromatic N) is 2. The van der Waals surface area contributed by atoms with E-state index in [9.17, 15) is 0 Å². The van der Waals surface area contributed by atoms with E-state index >= 15 is 0 Å². The SMILES string of the molecule is O=CO.c1ccc(Cc2noc(CCNC3CCCC3)n2)cc1. The highest BCUT2D eigenvalue weighted by molar-refractivity contribution is 5.32. The molecule has 2 aromatic rings. The molecule has 6 heteroatoms. The highest BCUT2D eigenvalue weighted by atomic mass is 16.5. The molecule has 1 aliphatic carbocycles. The Morgan fingerprint density at radius 3 is 2.65 bits per heavy atom. The third-order valence-electron chi connectivity index (χ3n) is 3.84. The fourth-order valence-corrected chi connectivity index (χ4v) is 2.76. The van der Waals surface area contributed by atoms with Crippen LogP contribution in [0.1, 0.15) is 43.0 Å². The molecule has 1 aromatic heterocycles. The molecule has 1 aliphatic rings. The molecular formula is C17H23N3O3. The van der Waals surface area contributed by atoms with Crippen molar-refractivity contribution in [2.75, 3.05) is 6.54 Å². The van der Waals surface area contributed by atoms with Gasteiger partial charge in [-0.1, -0.05) is 48.3 Å². The van der Waals surface area contributed by atoms with Gasteiger partial charge in [0.1, 0.15) is 0 Å². The Balaban J connectivity index is 0.000000595. The topological polar surface area (TPSA) is 88.2 Å². The highest BCUT2D eigenvalue weighted by Crippen LogP contribution is 2.17. The lowest BCUT2D eigenvalue weighted by molar-refractivity contribution is -0.122. The molecule has 124 valence electrons. The normalized spacial score (nSPS) is 14.3. The summed E-state index contributed by atoms with van der Waals surface area (Å²) in [4.78, 5) is 12.8. The first kappa shape index (κ1) is 17.1. The summed E-state index contributed by atoms with van der Waals surface area (Å²) < 4.78 is 5.30. The predicted molar refractivity (Wildman–Crippen MR) is 86.2 cm³/mol. The fraction of sp³-hybridized carbons (Fsp3) is 0.471. The molecular weight excluding hydrogens is 294 g/mol. The van der Waals surface area contributed by atoms with Crippen molar-refractivity contribution in [2.24, 2.45) is 0 Å². The van der Waals surface area contributed by atoms with Crippen LogP contribution < -0.4 is 5.32 Å². The summed E-state index contributed by atoms with van der Waals surface area (Å²) in [6.07, 6.45) is 6.89. The lowest BCUT2D eigenvalue weighted by atomic mass is 10.1. The van der Waals surface area contributed by atoms with E-state index in [1.54, 1.807) is 0 Å². The maximum Gasteiger partial charge on any atom is 0.290 e. The molecule has 0 unspecified atom stereocenters. The van der Waals surface area contributed by atoms with E-state index in [0.717, 1.165) is 31.1 Å². The van der Waals surface area contributed by atoms with Gasteiger partial charge < -0.3 is 14.9 Å². The monoisotopic (exact) mass is 317 g/mol. The van der Waals surface area contributed by atoms with E-state index in [-0.39, 0.29) is 6.47 Å². The Labute approximate surface area is 135 Å². The Morgan fingerprint density at radius 1 is 1.26 bits per heavy atom. The van der Waals surface area contributed by atoms with Crippen LogP contribution in [0.2, 0.25) is 0 Å². The quantitative estimate of drug-likeness (QED) is 0.796. The average Bonchev–Trinajstić information content (AvgIpc) is 3.22. The molecule has 1 saturated carbocycles. The van der Waals surface area contributed by atoms with Crippen LogP contribution >= 0.6 is 0 Å². The second-order valence-electron chi connectivity index (χ2n) is 5.56. The van der Waals surface area contributed by atoms with Crippen LogP contribution in [0.4, 0.5) is 0 Å². The number of rotatable bonds is 6. The molecule has 0 spiro atoms. The van der Waals surface area contributed by atoms with Crippen molar-refractivity contribution >= 4 is 6.47 Å². The standard InChI is InChI=1S/C16H21N3O.CH2O2/c1-2-6-13(7-3-1)12-15-18-16(20-19-15)10-11-17-14-8-4-5-9-14;2-1-3/h1-3,6-7,14,17H,4-5,8-12H2;1H,(H,2,3). The minimum atomic E-state index is -0.250. The van der Waals surface area contributed by atoms with Gasteiger partial charge in [0.25, 0.3) is 6.47 Å². The van der Waals surface area contributed by atoms with Crippen molar-refractivity contribution < 1.29 is 14.4 Å². The van der Waals surface area contributed by atoms with Crippen molar-refractivity contribution in [2.45, 2.75) is 44.6 Å². The van der Waals surface area contributed by atoms with E-state index in [4.69, 9.17) is 14.4 Å². The van der Waals surface area contributed by atoms with E-state index in [1.165, 1.54) is 31.2 Å². The van der Waals surface area contributed by atoms with Crippen LogP contribution in [-0.4, -0.2) is 34.3 Å². The number of nitrogens with one attached hydrogen (secondary N) is 1. The van der Waals surface area contributed by atoms with Gasteiger partial charge in [-0.05, 0) is 18.4 Å². The van der Waals surface area contributed by atoms with Crippen LogP contribution in [0.25, 0.3) is 0 Å². The maximum absolute atomic E-state index is 8.36. The molecule has 0 radical (unpaired) electrons. The van der Waals surface area contributed by atoms with Crippen LogP contribution in [0.3, 0.4) is 0 Å². The summed E-state index contributed by atoms with van der Waals surface area (Å²) >= 11 is 0. The van der Waals surface area contributed by atoms with Gasteiger partial charge in [0, 0.05) is 25.4 Å². The Bertz CT molecular complexity index is 565. The highest BCUT2D eigenvalue weighted by Gasteiger charge is 2.14. The summed E-state index contributed by atoms with van der Waals surface area (Å²) in [5.74, 6) is 1.51. The van der Waals surface area contributed by atoms with E-state index < -0.39 is 0 Å². The van der Waals surface area contributed by atoms with Crippen molar-refractivity contribution in [1.82, 2.24) is 15.5 Å². The molecule has 0 aliphatic heterocycles. The van der Waals surface area contributed by atoms with Crippen molar-refractivity contribution in [1.29, 1.82) is 0 Å². The Kier molecular flexibility index (Phi) is 7.26.